The molecule has 0 aromatic carbocycles. The number of amides is 1. The van der Waals surface area contributed by atoms with E-state index in [-0.39, 0.29) is 12.0 Å². The minimum atomic E-state index is 0.0674. The monoisotopic (exact) mass is 268 g/mol. The summed E-state index contributed by atoms with van der Waals surface area (Å²) in [5, 5.41) is 0. The summed E-state index contributed by atoms with van der Waals surface area (Å²) in [6.07, 6.45) is 2.35. The molecule has 1 atom stereocenters. The van der Waals surface area contributed by atoms with Gasteiger partial charge in [-0.15, -0.1) is 11.3 Å². The number of nitrogens with two attached hydrogens (primary N) is 1. The third kappa shape index (κ3) is 2.84. The highest BCUT2D eigenvalue weighted by atomic mass is 32.1. The summed E-state index contributed by atoms with van der Waals surface area (Å²) in [5.74, 6) is 0.0674. The summed E-state index contributed by atoms with van der Waals surface area (Å²) in [5.41, 5.74) is 6.50. The Kier molecular flexibility index (Phi) is 4.24. The van der Waals surface area contributed by atoms with Gasteiger partial charge in [0.2, 0.25) is 0 Å². The molecule has 2 heterocycles. The van der Waals surface area contributed by atoms with Gasteiger partial charge in [-0.3, -0.25) is 4.79 Å². The summed E-state index contributed by atoms with van der Waals surface area (Å²) >= 11 is 1.47. The third-order valence-corrected chi connectivity index (χ3v) is 4.34. The standard InChI is InChI=1S/C13H20N2O2S/c1-3-15(8-10-5-4-6-17-10)13(16)12-7-11(14)9(2)18-12/h7,10H,3-6,8,14H2,1-2H3. The molecule has 1 unspecified atom stereocenters. The second kappa shape index (κ2) is 5.71. The first kappa shape index (κ1) is 13.4. The SMILES string of the molecule is CCN(CC1CCCO1)C(=O)c1cc(N)c(C)s1. The summed E-state index contributed by atoms with van der Waals surface area (Å²) in [6.45, 7) is 6.15. The molecule has 2 N–H and O–H groups in total. The Labute approximate surface area is 112 Å². The summed E-state index contributed by atoms with van der Waals surface area (Å²) in [6, 6.07) is 1.78. The lowest BCUT2D eigenvalue weighted by Crippen LogP contribution is -2.36. The Balaban J connectivity index is 2.04. The molecule has 0 aliphatic carbocycles. The van der Waals surface area contributed by atoms with Crippen molar-refractivity contribution in [1.82, 2.24) is 4.90 Å². The molecular formula is C13H20N2O2S. The minimum Gasteiger partial charge on any atom is -0.398 e. The number of aryl methyl sites for hydroxylation is 1. The van der Waals surface area contributed by atoms with E-state index in [9.17, 15) is 4.79 Å². The average Bonchev–Trinajstić information content (AvgIpc) is 2.96. The predicted molar refractivity (Wildman–Crippen MR) is 74.0 cm³/mol. The normalized spacial score (nSPS) is 19.1. The van der Waals surface area contributed by atoms with E-state index >= 15 is 0 Å². The number of carbonyl (C=O) groups excluding carboxylic acids is 1. The Morgan fingerprint density at radius 1 is 1.67 bits per heavy atom. The predicted octanol–water partition coefficient (Wildman–Crippen LogP) is 2.28. The lowest BCUT2D eigenvalue weighted by Gasteiger charge is -2.23. The van der Waals surface area contributed by atoms with Crippen molar-refractivity contribution in [3.05, 3.63) is 15.8 Å². The van der Waals surface area contributed by atoms with E-state index < -0.39 is 0 Å². The van der Waals surface area contributed by atoms with Gasteiger partial charge in [-0.1, -0.05) is 0 Å². The van der Waals surface area contributed by atoms with Crippen LogP contribution >= 0.6 is 11.3 Å². The van der Waals surface area contributed by atoms with Gasteiger partial charge in [-0.25, -0.2) is 0 Å². The molecule has 1 saturated heterocycles. The topological polar surface area (TPSA) is 55.6 Å². The number of carbonyl (C=O) groups is 1. The lowest BCUT2D eigenvalue weighted by atomic mass is 10.2. The van der Waals surface area contributed by atoms with Crippen molar-refractivity contribution < 1.29 is 9.53 Å². The van der Waals surface area contributed by atoms with Crippen LogP contribution in [0.2, 0.25) is 0 Å². The fraction of sp³-hybridized carbons (Fsp3) is 0.615. The number of hydrogen-bond donors (Lipinski definition) is 1. The number of ether oxygens (including phenoxy) is 1. The summed E-state index contributed by atoms with van der Waals surface area (Å²) in [4.78, 5) is 15.9. The highest BCUT2D eigenvalue weighted by Gasteiger charge is 2.23. The molecular weight excluding hydrogens is 248 g/mol. The Morgan fingerprint density at radius 3 is 2.94 bits per heavy atom. The molecule has 1 amide bonds. The molecule has 0 radical (unpaired) electrons. The number of nitrogens with zero attached hydrogens (tertiary/aromatic N) is 1. The first-order valence-corrected chi connectivity index (χ1v) is 7.20. The first-order chi connectivity index (χ1) is 8.61. The largest absolute Gasteiger partial charge is 0.398 e. The zero-order valence-corrected chi connectivity index (χ0v) is 11.8. The average molecular weight is 268 g/mol. The Hall–Kier alpha value is -1.07. The van der Waals surface area contributed by atoms with Gasteiger partial charge in [0, 0.05) is 30.3 Å². The fourth-order valence-electron chi connectivity index (χ4n) is 2.15. The molecule has 18 heavy (non-hydrogen) atoms. The fourth-order valence-corrected chi connectivity index (χ4v) is 3.06. The number of rotatable bonds is 4. The Morgan fingerprint density at radius 2 is 2.44 bits per heavy atom. The highest BCUT2D eigenvalue weighted by molar-refractivity contribution is 7.14. The van der Waals surface area contributed by atoms with Crippen LogP contribution in [0.4, 0.5) is 5.69 Å². The Bertz CT molecular complexity index is 405. The molecule has 1 fully saturated rings. The minimum absolute atomic E-state index is 0.0674. The maximum absolute atomic E-state index is 12.4. The zero-order valence-electron chi connectivity index (χ0n) is 10.9. The van der Waals surface area contributed by atoms with E-state index in [1.807, 2.05) is 18.7 Å². The molecule has 1 aromatic rings. The molecule has 1 aromatic heterocycles. The van der Waals surface area contributed by atoms with Gasteiger partial charge < -0.3 is 15.4 Å². The van der Waals surface area contributed by atoms with Gasteiger partial charge in [-0.2, -0.15) is 0 Å². The molecule has 0 saturated carbocycles. The van der Waals surface area contributed by atoms with E-state index in [4.69, 9.17) is 10.5 Å². The van der Waals surface area contributed by atoms with Gasteiger partial charge in [0.25, 0.3) is 5.91 Å². The molecule has 4 nitrogen and oxygen atoms in total. The van der Waals surface area contributed by atoms with Crippen molar-refractivity contribution in [3.63, 3.8) is 0 Å². The van der Waals surface area contributed by atoms with Gasteiger partial charge in [0.1, 0.15) is 0 Å². The van der Waals surface area contributed by atoms with Crippen molar-refractivity contribution in [2.45, 2.75) is 32.8 Å². The van der Waals surface area contributed by atoms with Crippen LogP contribution in [-0.2, 0) is 4.74 Å². The number of thiophene rings is 1. The molecule has 5 heteroatoms. The van der Waals surface area contributed by atoms with Crippen molar-refractivity contribution in [2.24, 2.45) is 0 Å². The van der Waals surface area contributed by atoms with Crippen LogP contribution in [0.5, 0.6) is 0 Å². The maximum Gasteiger partial charge on any atom is 0.264 e. The van der Waals surface area contributed by atoms with Crippen LogP contribution in [-0.4, -0.2) is 36.6 Å². The molecule has 1 aliphatic heterocycles. The number of nitrogen functional groups attached to an aromatic ring is 1. The summed E-state index contributed by atoms with van der Waals surface area (Å²) < 4.78 is 5.59. The highest BCUT2D eigenvalue weighted by Crippen LogP contribution is 2.25. The zero-order chi connectivity index (χ0) is 13.1. The van der Waals surface area contributed by atoms with Crippen LogP contribution < -0.4 is 5.73 Å². The van der Waals surface area contributed by atoms with Crippen LogP contribution in [0.25, 0.3) is 0 Å². The van der Waals surface area contributed by atoms with Gasteiger partial charge in [-0.05, 0) is 32.8 Å². The van der Waals surface area contributed by atoms with Gasteiger partial charge >= 0.3 is 0 Å². The van der Waals surface area contributed by atoms with Crippen molar-refractivity contribution >= 4 is 22.9 Å². The van der Waals surface area contributed by atoms with Crippen molar-refractivity contribution in [3.8, 4) is 0 Å². The quantitative estimate of drug-likeness (QED) is 0.911. The smallest absolute Gasteiger partial charge is 0.264 e. The number of anilines is 1. The molecule has 0 bridgehead atoms. The molecule has 100 valence electrons. The van der Waals surface area contributed by atoms with E-state index in [0.717, 1.165) is 29.2 Å². The molecule has 2 rings (SSSR count). The second-order valence-electron chi connectivity index (χ2n) is 4.60. The van der Waals surface area contributed by atoms with Crippen LogP contribution in [0.1, 0.15) is 34.3 Å². The molecule has 0 spiro atoms. The van der Waals surface area contributed by atoms with Crippen LogP contribution in [0.15, 0.2) is 6.07 Å². The maximum atomic E-state index is 12.4. The summed E-state index contributed by atoms with van der Waals surface area (Å²) in [7, 11) is 0. The van der Waals surface area contributed by atoms with Crippen LogP contribution in [0.3, 0.4) is 0 Å². The van der Waals surface area contributed by atoms with Crippen molar-refractivity contribution in [1.29, 1.82) is 0 Å². The van der Waals surface area contributed by atoms with E-state index in [2.05, 4.69) is 0 Å². The van der Waals surface area contributed by atoms with E-state index in [0.29, 0.717) is 18.8 Å². The number of likely N-dealkylation sites (N-methyl/N-ethyl adjacent to an activating group) is 1. The van der Waals surface area contributed by atoms with E-state index in [1.165, 1.54) is 11.3 Å². The van der Waals surface area contributed by atoms with Gasteiger partial charge in [0.15, 0.2) is 0 Å². The van der Waals surface area contributed by atoms with Crippen LogP contribution in [0, 0.1) is 6.92 Å². The third-order valence-electron chi connectivity index (χ3n) is 3.28. The molecule has 1 aliphatic rings. The number of hydrogen-bond acceptors (Lipinski definition) is 4. The van der Waals surface area contributed by atoms with Crippen molar-refractivity contribution in [2.75, 3.05) is 25.4 Å². The van der Waals surface area contributed by atoms with Gasteiger partial charge in [0.05, 0.1) is 11.0 Å². The second-order valence-corrected chi connectivity index (χ2v) is 5.86. The first-order valence-electron chi connectivity index (χ1n) is 6.38. The van der Waals surface area contributed by atoms with E-state index in [1.54, 1.807) is 6.07 Å². The lowest BCUT2D eigenvalue weighted by molar-refractivity contribution is 0.0543.